The normalized spacial score (nSPS) is 11.1. The van der Waals surface area contributed by atoms with Crippen LogP contribution in [0.1, 0.15) is 11.1 Å². The minimum atomic E-state index is -3.87. The largest absolute Gasteiger partial charge is 0.489 e. The summed E-state index contributed by atoms with van der Waals surface area (Å²) < 4.78 is 35.6. The number of aryl methyl sites for hydroxylation is 1. The summed E-state index contributed by atoms with van der Waals surface area (Å²) >= 11 is 0. The molecule has 0 atom stereocenters. The summed E-state index contributed by atoms with van der Waals surface area (Å²) in [5.74, 6) is 0.756. The van der Waals surface area contributed by atoms with E-state index in [1.807, 2.05) is 37.3 Å². The lowest BCUT2D eigenvalue weighted by Gasteiger charge is -2.10. The third-order valence-electron chi connectivity index (χ3n) is 3.57. The molecule has 3 rings (SSSR count). The van der Waals surface area contributed by atoms with E-state index in [4.69, 9.17) is 8.92 Å². The van der Waals surface area contributed by atoms with Gasteiger partial charge in [-0.2, -0.15) is 8.42 Å². The van der Waals surface area contributed by atoms with E-state index >= 15 is 0 Å². The van der Waals surface area contributed by atoms with Gasteiger partial charge in [0.05, 0.1) is 0 Å². The van der Waals surface area contributed by atoms with Crippen molar-refractivity contribution in [2.45, 2.75) is 18.4 Å². The molecule has 0 aliphatic carbocycles. The molecule has 0 amide bonds. The number of hydrogen-bond donors (Lipinski definition) is 0. The first-order valence-electron chi connectivity index (χ1n) is 7.81. The topological polar surface area (TPSA) is 52.6 Å². The van der Waals surface area contributed by atoms with E-state index in [0.717, 1.165) is 11.1 Å². The molecule has 0 saturated carbocycles. The Balaban J connectivity index is 1.72. The molecule has 0 radical (unpaired) electrons. The molecule has 128 valence electrons. The molecule has 0 aliphatic rings. The smallest absolute Gasteiger partial charge is 0.339 e. The summed E-state index contributed by atoms with van der Waals surface area (Å²) in [7, 11) is -3.87. The van der Waals surface area contributed by atoms with Crippen molar-refractivity contribution in [3.05, 3.63) is 90.0 Å². The van der Waals surface area contributed by atoms with Gasteiger partial charge in [-0.05, 0) is 36.8 Å². The summed E-state index contributed by atoms with van der Waals surface area (Å²) in [5, 5.41) is 0. The van der Waals surface area contributed by atoms with Gasteiger partial charge in [-0.3, -0.25) is 0 Å². The highest BCUT2D eigenvalue weighted by molar-refractivity contribution is 7.87. The predicted molar refractivity (Wildman–Crippen MR) is 96.2 cm³/mol. The Labute approximate surface area is 147 Å². The molecule has 25 heavy (non-hydrogen) atoms. The second-order valence-electron chi connectivity index (χ2n) is 5.60. The molecule has 4 nitrogen and oxygen atoms in total. The van der Waals surface area contributed by atoms with Crippen molar-refractivity contribution in [1.82, 2.24) is 0 Å². The van der Waals surface area contributed by atoms with Crippen LogP contribution in [0.15, 0.2) is 83.8 Å². The van der Waals surface area contributed by atoms with E-state index in [1.54, 1.807) is 36.4 Å². The Morgan fingerprint density at radius 2 is 1.48 bits per heavy atom. The van der Waals surface area contributed by atoms with E-state index in [1.165, 1.54) is 12.1 Å². The fourth-order valence-corrected chi connectivity index (χ4v) is 3.16. The van der Waals surface area contributed by atoms with Gasteiger partial charge in [0, 0.05) is 6.07 Å². The van der Waals surface area contributed by atoms with E-state index in [-0.39, 0.29) is 10.6 Å². The highest BCUT2D eigenvalue weighted by Crippen LogP contribution is 2.24. The molecular formula is C20H18O4S. The van der Waals surface area contributed by atoms with Gasteiger partial charge >= 0.3 is 10.1 Å². The summed E-state index contributed by atoms with van der Waals surface area (Å²) in [6, 6.07) is 22.9. The van der Waals surface area contributed by atoms with Crippen molar-refractivity contribution >= 4 is 10.1 Å². The van der Waals surface area contributed by atoms with Gasteiger partial charge < -0.3 is 8.92 Å². The SMILES string of the molecule is Cc1ccc(S(=O)(=O)Oc2cccc(OCc3ccccc3)c2)cc1. The van der Waals surface area contributed by atoms with Gasteiger partial charge in [0.25, 0.3) is 0 Å². The molecule has 3 aromatic carbocycles. The quantitative estimate of drug-likeness (QED) is 0.618. The van der Waals surface area contributed by atoms with Crippen molar-refractivity contribution in [2.24, 2.45) is 0 Å². The lowest BCUT2D eigenvalue weighted by Crippen LogP contribution is -2.09. The average Bonchev–Trinajstić information content (AvgIpc) is 2.61. The summed E-state index contributed by atoms with van der Waals surface area (Å²) in [6.45, 7) is 2.29. The highest BCUT2D eigenvalue weighted by Gasteiger charge is 2.16. The van der Waals surface area contributed by atoms with E-state index in [2.05, 4.69) is 0 Å². The maximum atomic E-state index is 12.3. The third kappa shape index (κ3) is 4.61. The zero-order chi connectivity index (χ0) is 17.7. The van der Waals surface area contributed by atoms with E-state index < -0.39 is 10.1 Å². The maximum Gasteiger partial charge on any atom is 0.339 e. The Hall–Kier alpha value is -2.79. The predicted octanol–water partition coefficient (Wildman–Crippen LogP) is 4.34. The van der Waals surface area contributed by atoms with Crippen LogP contribution in [0.3, 0.4) is 0 Å². The van der Waals surface area contributed by atoms with E-state index in [9.17, 15) is 8.42 Å². The molecule has 0 fully saturated rings. The minimum Gasteiger partial charge on any atom is -0.489 e. The second kappa shape index (κ2) is 7.40. The first-order chi connectivity index (χ1) is 12.0. The van der Waals surface area contributed by atoms with Gasteiger partial charge in [0.2, 0.25) is 0 Å². The average molecular weight is 354 g/mol. The van der Waals surface area contributed by atoms with Crippen LogP contribution in [0.25, 0.3) is 0 Å². The van der Waals surface area contributed by atoms with Crippen molar-refractivity contribution in [3.8, 4) is 11.5 Å². The summed E-state index contributed by atoms with van der Waals surface area (Å²) in [4.78, 5) is 0.119. The number of rotatable bonds is 6. The van der Waals surface area contributed by atoms with Crippen molar-refractivity contribution < 1.29 is 17.3 Å². The molecular weight excluding hydrogens is 336 g/mol. The Morgan fingerprint density at radius 1 is 0.800 bits per heavy atom. The van der Waals surface area contributed by atoms with Crippen LogP contribution in [0.2, 0.25) is 0 Å². The number of hydrogen-bond acceptors (Lipinski definition) is 4. The minimum absolute atomic E-state index is 0.119. The monoisotopic (exact) mass is 354 g/mol. The zero-order valence-corrected chi connectivity index (χ0v) is 14.6. The second-order valence-corrected chi connectivity index (χ2v) is 7.15. The van der Waals surface area contributed by atoms with Gasteiger partial charge in [0.1, 0.15) is 23.0 Å². The van der Waals surface area contributed by atoms with Crippen LogP contribution in [-0.4, -0.2) is 8.42 Å². The third-order valence-corrected chi connectivity index (χ3v) is 4.83. The molecule has 0 heterocycles. The lowest BCUT2D eigenvalue weighted by atomic mass is 10.2. The molecule has 0 aliphatic heterocycles. The van der Waals surface area contributed by atoms with Gasteiger partial charge in [-0.25, -0.2) is 0 Å². The zero-order valence-electron chi connectivity index (χ0n) is 13.8. The first kappa shape index (κ1) is 17.0. The van der Waals surface area contributed by atoms with Crippen LogP contribution >= 0.6 is 0 Å². The fraction of sp³-hybridized carbons (Fsp3) is 0.100. The molecule has 0 aromatic heterocycles. The van der Waals surface area contributed by atoms with Crippen LogP contribution in [0.4, 0.5) is 0 Å². The molecule has 3 aromatic rings. The summed E-state index contributed by atoms with van der Waals surface area (Å²) in [6.07, 6.45) is 0. The van der Waals surface area contributed by atoms with Crippen LogP contribution in [0.5, 0.6) is 11.5 Å². The fourth-order valence-electron chi connectivity index (χ4n) is 2.24. The van der Waals surface area contributed by atoms with Crippen LogP contribution in [0, 0.1) is 6.92 Å². The molecule has 0 bridgehead atoms. The molecule has 0 spiro atoms. The standard InChI is InChI=1S/C20H18O4S/c1-16-10-12-20(13-11-16)25(21,22)24-19-9-5-8-18(14-19)23-15-17-6-3-2-4-7-17/h2-14H,15H2,1H3. The number of benzene rings is 3. The Kier molecular flexibility index (Phi) is 5.05. The molecule has 0 saturated heterocycles. The first-order valence-corrected chi connectivity index (χ1v) is 9.22. The molecule has 5 heteroatoms. The van der Waals surface area contributed by atoms with Crippen molar-refractivity contribution in [3.63, 3.8) is 0 Å². The Morgan fingerprint density at radius 3 is 2.20 bits per heavy atom. The van der Waals surface area contributed by atoms with Crippen LogP contribution in [-0.2, 0) is 16.7 Å². The van der Waals surface area contributed by atoms with Crippen molar-refractivity contribution in [2.75, 3.05) is 0 Å². The Bertz CT molecular complexity index is 933. The maximum absolute atomic E-state index is 12.3. The molecule has 0 unspecified atom stereocenters. The van der Waals surface area contributed by atoms with Crippen molar-refractivity contribution in [1.29, 1.82) is 0 Å². The van der Waals surface area contributed by atoms with Gasteiger partial charge in [0.15, 0.2) is 0 Å². The summed E-state index contributed by atoms with van der Waals surface area (Å²) in [5.41, 5.74) is 2.01. The van der Waals surface area contributed by atoms with Gasteiger partial charge in [-0.15, -0.1) is 0 Å². The highest BCUT2D eigenvalue weighted by atomic mass is 32.2. The van der Waals surface area contributed by atoms with Gasteiger partial charge in [-0.1, -0.05) is 54.1 Å². The van der Waals surface area contributed by atoms with Crippen LogP contribution < -0.4 is 8.92 Å². The lowest BCUT2D eigenvalue weighted by molar-refractivity contribution is 0.305. The van der Waals surface area contributed by atoms with E-state index in [0.29, 0.717) is 12.4 Å². The molecule has 0 N–H and O–H groups in total. The number of ether oxygens (including phenoxy) is 1.